The molecule has 4 heterocycles. The van der Waals surface area contributed by atoms with Gasteiger partial charge in [0.1, 0.15) is 17.9 Å². The first-order valence-corrected chi connectivity index (χ1v) is 13.8. The number of nitrogens with zero attached hydrogens (tertiary/aromatic N) is 5. The number of carbonyl (C=O) groups excluding carboxylic acids is 1. The molecule has 9 nitrogen and oxygen atoms in total. The maximum absolute atomic E-state index is 13.9. The zero-order valence-corrected chi connectivity index (χ0v) is 22.6. The second-order valence-electron chi connectivity index (χ2n) is 10.1. The smallest absolute Gasteiger partial charge is 0.254 e. The Kier molecular flexibility index (Phi) is 6.99. The van der Waals surface area contributed by atoms with Crippen LogP contribution >= 0.6 is 11.3 Å². The van der Waals surface area contributed by atoms with Crippen molar-refractivity contribution in [1.82, 2.24) is 25.1 Å². The molecule has 11 heteroatoms. The Morgan fingerprint density at radius 1 is 1.18 bits per heavy atom. The van der Waals surface area contributed by atoms with Crippen molar-refractivity contribution >= 4 is 17.2 Å². The predicted molar refractivity (Wildman–Crippen MR) is 147 cm³/mol. The summed E-state index contributed by atoms with van der Waals surface area (Å²) in [5.41, 5.74) is 8.68. The first-order chi connectivity index (χ1) is 19.4. The van der Waals surface area contributed by atoms with Gasteiger partial charge in [0.15, 0.2) is 0 Å². The maximum atomic E-state index is 13.9. The van der Waals surface area contributed by atoms with E-state index in [9.17, 15) is 9.18 Å². The van der Waals surface area contributed by atoms with E-state index in [1.807, 2.05) is 37.3 Å². The minimum absolute atomic E-state index is 0.179. The normalized spacial score (nSPS) is 16.8. The van der Waals surface area contributed by atoms with Gasteiger partial charge < -0.3 is 19.5 Å². The maximum Gasteiger partial charge on any atom is 0.254 e. The van der Waals surface area contributed by atoms with Gasteiger partial charge in [-0.15, -0.1) is 21.5 Å². The molecule has 0 saturated carbocycles. The molecule has 1 amide bonds. The molecule has 3 aromatic heterocycles. The van der Waals surface area contributed by atoms with Crippen LogP contribution in [0.1, 0.15) is 58.3 Å². The average Bonchev–Trinajstić information content (AvgIpc) is 3.79. The van der Waals surface area contributed by atoms with Gasteiger partial charge in [-0.25, -0.2) is 14.4 Å². The van der Waals surface area contributed by atoms with E-state index in [0.717, 1.165) is 23.4 Å². The summed E-state index contributed by atoms with van der Waals surface area (Å²) in [5.74, 6) is 0.691. The monoisotopic (exact) mass is 558 g/mol. The fourth-order valence-corrected chi connectivity index (χ4v) is 5.94. The van der Waals surface area contributed by atoms with Gasteiger partial charge in [-0.2, -0.15) is 0 Å². The minimum Gasteiger partial charge on any atom is -0.445 e. The highest BCUT2D eigenvalue weighted by molar-refractivity contribution is 7.09. The van der Waals surface area contributed by atoms with E-state index in [1.165, 1.54) is 17.6 Å². The Morgan fingerprint density at radius 3 is 2.70 bits per heavy atom. The first-order valence-electron chi connectivity index (χ1n) is 12.9. The molecule has 2 unspecified atom stereocenters. The molecule has 1 saturated heterocycles. The lowest BCUT2D eigenvalue weighted by Crippen LogP contribution is -2.35. The highest BCUT2D eigenvalue weighted by atomic mass is 32.1. The van der Waals surface area contributed by atoms with E-state index < -0.39 is 12.2 Å². The lowest BCUT2D eigenvalue weighted by molar-refractivity contribution is 0.0735. The number of hydrogen-bond donors (Lipinski definition) is 1. The van der Waals surface area contributed by atoms with Crippen LogP contribution in [0.3, 0.4) is 0 Å². The van der Waals surface area contributed by atoms with Crippen LogP contribution in [0.25, 0.3) is 22.9 Å². The molecule has 2 N–H and O–H groups in total. The molecule has 2 aromatic carbocycles. The van der Waals surface area contributed by atoms with E-state index in [-0.39, 0.29) is 23.7 Å². The number of halogens is 1. The summed E-state index contributed by atoms with van der Waals surface area (Å²) in [4.78, 5) is 24.3. The lowest BCUT2D eigenvalue weighted by atomic mass is 9.94. The molecule has 204 valence electrons. The number of alkyl halides is 1. The van der Waals surface area contributed by atoms with Crippen LogP contribution in [-0.2, 0) is 18.6 Å². The number of hydrogen-bond acceptors (Lipinski definition) is 9. The number of oxazole rings is 1. The number of nitrogens with two attached hydrogens (primary N) is 1. The second-order valence-corrected chi connectivity index (χ2v) is 11.0. The van der Waals surface area contributed by atoms with Crippen LogP contribution in [-0.4, -0.2) is 37.5 Å². The van der Waals surface area contributed by atoms with Crippen molar-refractivity contribution in [1.29, 1.82) is 0 Å². The van der Waals surface area contributed by atoms with E-state index in [1.54, 1.807) is 34.7 Å². The van der Waals surface area contributed by atoms with Gasteiger partial charge in [-0.1, -0.05) is 30.3 Å². The van der Waals surface area contributed by atoms with Crippen LogP contribution in [0.5, 0.6) is 0 Å². The summed E-state index contributed by atoms with van der Waals surface area (Å²) in [7, 11) is 0. The molecule has 40 heavy (non-hydrogen) atoms. The Balaban J connectivity index is 1.34. The number of thiazole rings is 1. The van der Waals surface area contributed by atoms with Crippen LogP contribution in [0.2, 0.25) is 0 Å². The highest BCUT2D eigenvalue weighted by Crippen LogP contribution is 2.36. The van der Waals surface area contributed by atoms with Crippen LogP contribution in [0, 0.1) is 0 Å². The summed E-state index contributed by atoms with van der Waals surface area (Å²) in [5, 5.41) is 11.0. The third kappa shape index (κ3) is 5.17. The summed E-state index contributed by atoms with van der Waals surface area (Å²) >= 11 is 1.38. The van der Waals surface area contributed by atoms with Crippen molar-refractivity contribution < 1.29 is 18.0 Å². The summed E-state index contributed by atoms with van der Waals surface area (Å²) in [6.07, 6.45) is 5.11. The standard InChI is InChI=1S/C29H27FN6O3S/c1-29(31,15-18-6-3-2-4-7-18)28-35-34-25(39-28)20-12-19(24-32-9-11-38-24)13-21(14-20)27(37)36-10-5-8-23(36)26-33-22(16-30)17-40-26/h2-4,6-7,9,11-14,17,23H,5,8,10,15-16,31H2,1H3. The quantitative estimate of drug-likeness (QED) is 0.257. The van der Waals surface area contributed by atoms with Crippen molar-refractivity contribution in [3.63, 3.8) is 0 Å². The minimum atomic E-state index is -0.902. The van der Waals surface area contributed by atoms with E-state index in [4.69, 9.17) is 14.6 Å². The molecule has 0 radical (unpaired) electrons. The molecule has 6 rings (SSSR count). The summed E-state index contributed by atoms with van der Waals surface area (Å²) in [6, 6.07) is 14.9. The van der Waals surface area contributed by atoms with Crippen LogP contribution in [0.4, 0.5) is 4.39 Å². The van der Waals surface area contributed by atoms with Crippen LogP contribution in [0.15, 0.2) is 75.2 Å². The number of benzene rings is 2. The number of aromatic nitrogens is 4. The third-order valence-electron chi connectivity index (χ3n) is 6.94. The van der Waals surface area contributed by atoms with Crippen LogP contribution < -0.4 is 5.73 Å². The van der Waals surface area contributed by atoms with Gasteiger partial charge in [-0.05, 0) is 49.9 Å². The molecule has 0 bridgehead atoms. The summed E-state index contributed by atoms with van der Waals surface area (Å²) in [6.45, 7) is 1.79. The Morgan fingerprint density at radius 2 is 1.98 bits per heavy atom. The predicted octanol–water partition coefficient (Wildman–Crippen LogP) is 5.71. The third-order valence-corrected chi connectivity index (χ3v) is 7.93. The second kappa shape index (κ2) is 10.7. The molecule has 1 aliphatic heterocycles. The molecular formula is C29H27FN6O3S. The highest BCUT2D eigenvalue weighted by Gasteiger charge is 2.34. The fourth-order valence-electron chi connectivity index (χ4n) is 5.00. The topological polar surface area (TPSA) is 124 Å². The molecule has 2 atom stereocenters. The molecule has 1 aliphatic rings. The fraction of sp³-hybridized carbons (Fsp3) is 0.276. The van der Waals surface area contributed by atoms with Gasteiger partial charge in [0.05, 0.1) is 23.5 Å². The molecule has 0 spiro atoms. The van der Waals surface area contributed by atoms with E-state index >= 15 is 0 Å². The summed E-state index contributed by atoms with van der Waals surface area (Å²) < 4.78 is 24.7. The molecule has 1 fully saturated rings. The number of carbonyl (C=O) groups is 1. The average molecular weight is 559 g/mol. The van der Waals surface area contributed by atoms with Gasteiger partial charge >= 0.3 is 0 Å². The Hall–Kier alpha value is -4.22. The Labute approximate surface area is 233 Å². The largest absolute Gasteiger partial charge is 0.445 e. The molecule has 5 aromatic rings. The number of rotatable bonds is 8. The van der Waals surface area contributed by atoms with Gasteiger partial charge in [0.25, 0.3) is 5.91 Å². The number of amides is 1. The SMILES string of the molecule is CC(N)(Cc1ccccc1)c1nnc(-c2cc(C(=O)N3CCCC3c3nc(CF)cs3)cc(-c3ncco3)c2)o1. The number of likely N-dealkylation sites (tertiary alicyclic amines) is 1. The molecule has 0 aliphatic carbocycles. The van der Waals surface area contributed by atoms with Crippen molar-refractivity contribution in [2.24, 2.45) is 5.73 Å². The van der Waals surface area contributed by atoms with Gasteiger partial charge in [-0.3, -0.25) is 4.79 Å². The van der Waals surface area contributed by atoms with E-state index in [0.29, 0.717) is 41.2 Å². The van der Waals surface area contributed by atoms with Gasteiger partial charge in [0, 0.05) is 28.6 Å². The van der Waals surface area contributed by atoms with Crippen molar-refractivity contribution in [3.8, 4) is 22.9 Å². The first kappa shape index (κ1) is 26.0. The van der Waals surface area contributed by atoms with Gasteiger partial charge in [0.2, 0.25) is 17.7 Å². The van der Waals surface area contributed by atoms with Crippen molar-refractivity contribution in [2.75, 3.05) is 6.54 Å². The van der Waals surface area contributed by atoms with Crippen molar-refractivity contribution in [2.45, 2.75) is 44.4 Å². The zero-order chi connectivity index (χ0) is 27.7. The van der Waals surface area contributed by atoms with Crippen molar-refractivity contribution in [3.05, 3.63) is 94.1 Å². The van der Waals surface area contributed by atoms with E-state index in [2.05, 4.69) is 20.2 Å². The zero-order valence-electron chi connectivity index (χ0n) is 21.8. The Bertz CT molecular complexity index is 1620. The lowest BCUT2D eigenvalue weighted by Gasteiger charge is -2.23. The molecular weight excluding hydrogens is 531 g/mol.